The van der Waals surface area contributed by atoms with Crippen LogP contribution in [0.4, 0.5) is 5.82 Å². The molecule has 0 fully saturated rings. The summed E-state index contributed by atoms with van der Waals surface area (Å²) in [5, 5.41) is 9.48. The highest BCUT2D eigenvalue weighted by atomic mass is 16.5. The van der Waals surface area contributed by atoms with Gasteiger partial charge in [0.1, 0.15) is 5.75 Å². The molecule has 0 aliphatic heterocycles. The first-order valence-electron chi connectivity index (χ1n) is 9.15. The SMILES string of the molecule is COc1ccc(C)cc1C(C)NC(=O)C(=O)Nc1ccn(Cc2ccncc2)n1. The normalized spacial score (nSPS) is 11.6. The number of rotatable bonds is 6. The molecule has 2 heterocycles. The van der Waals surface area contributed by atoms with Gasteiger partial charge in [-0.3, -0.25) is 19.3 Å². The summed E-state index contributed by atoms with van der Waals surface area (Å²) in [6.07, 6.45) is 5.14. The molecule has 0 saturated heterocycles. The topological polar surface area (TPSA) is 98.1 Å². The average molecular weight is 393 g/mol. The van der Waals surface area contributed by atoms with Gasteiger partial charge in [0, 0.05) is 30.2 Å². The van der Waals surface area contributed by atoms with E-state index in [-0.39, 0.29) is 0 Å². The number of pyridine rings is 1. The van der Waals surface area contributed by atoms with E-state index >= 15 is 0 Å². The number of hydrogen-bond acceptors (Lipinski definition) is 5. The number of carbonyl (C=O) groups is 2. The molecule has 0 aliphatic carbocycles. The number of nitrogens with one attached hydrogen (secondary N) is 2. The van der Waals surface area contributed by atoms with Crippen molar-refractivity contribution in [3.63, 3.8) is 0 Å². The van der Waals surface area contributed by atoms with Gasteiger partial charge in [0.2, 0.25) is 0 Å². The third-order valence-electron chi connectivity index (χ3n) is 4.38. The third-order valence-corrected chi connectivity index (χ3v) is 4.38. The predicted octanol–water partition coefficient (Wildman–Crippen LogP) is 2.46. The molecule has 3 rings (SSSR count). The fourth-order valence-corrected chi connectivity index (χ4v) is 2.90. The Morgan fingerprint density at radius 1 is 1.14 bits per heavy atom. The van der Waals surface area contributed by atoms with Crippen LogP contribution in [0.2, 0.25) is 0 Å². The Hall–Kier alpha value is -3.68. The summed E-state index contributed by atoms with van der Waals surface area (Å²) in [4.78, 5) is 28.5. The zero-order valence-electron chi connectivity index (χ0n) is 16.5. The number of nitrogens with zero attached hydrogens (tertiary/aromatic N) is 3. The molecule has 1 unspecified atom stereocenters. The zero-order valence-corrected chi connectivity index (χ0v) is 16.5. The molecule has 8 heteroatoms. The lowest BCUT2D eigenvalue weighted by molar-refractivity contribution is -0.136. The van der Waals surface area contributed by atoms with Crippen LogP contribution in [0, 0.1) is 6.92 Å². The first kappa shape index (κ1) is 20.1. The first-order valence-corrected chi connectivity index (χ1v) is 9.15. The van der Waals surface area contributed by atoms with Gasteiger partial charge in [0.25, 0.3) is 0 Å². The molecule has 2 amide bonds. The van der Waals surface area contributed by atoms with Crippen molar-refractivity contribution < 1.29 is 14.3 Å². The minimum Gasteiger partial charge on any atom is -0.496 e. The molecular formula is C21H23N5O3. The van der Waals surface area contributed by atoms with E-state index in [2.05, 4.69) is 20.7 Å². The number of hydrogen-bond donors (Lipinski definition) is 2. The Morgan fingerprint density at radius 2 is 1.90 bits per heavy atom. The molecule has 0 saturated carbocycles. The molecule has 1 aromatic carbocycles. The van der Waals surface area contributed by atoms with Gasteiger partial charge in [-0.05, 0) is 37.6 Å². The smallest absolute Gasteiger partial charge is 0.314 e. The maximum absolute atomic E-state index is 12.3. The van der Waals surface area contributed by atoms with E-state index in [4.69, 9.17) is 4.74 Å². The van der Waals surface area contributed by atoms with Crippen molar-refractivity contribution in [1.82, 2.24) is 20.1 Å². The van der Waals surface area contributed by atoms with E-state index in [0.29, 0.717) is 18.1 Å². The number of carbonyl (C=O) groups excluding carboxylic acids is 2. The maximum atomic E-state index is 12.3. The number of aromatic nitrogens is 3. The van der Waals surface area contributed by atoms with Gasteiger partial charge >= 0.3 is 11.8 Å². The standard InChI is InChI=1S/C21H23N5O3/c1-14-4-5-18(29-3)17(12-14)15(2)23-20(27)21(28)24-19-8-11-26(25-19)13-16-6-9-22-10-7-16/h4-12,15H,13H2,1-3H3,(H,23,27)(H,24,25,28). The van der Waals surface area contributed by atoms with Gasteiger partial charge in [-0.15, -0.1) is 0 Å². The van der Waals surface area contributed by atoms with Gasteiger partial charge < -0.3 is 15.4 Å². The number of anilines is 1. The molecule has 150 valence electrons. The number of benzene rings is 1. The molecule has 0 spiro atoms. The van der Waals surface area contributed by atoms with Gasteiger partial charge in [-0.1, -0.05) is 17.7 Å². The Morgan fingerprint density at radius 3 is 2.62 bits per heavy atom. The van der Waals surface area contributed by atoms with Gasteiger partial charge in [-0.2, -0.15) is 5.10 Å². The highest BCUT2D eigenvalue weighted by molar-refractivity contribution is 6.39. The van der Waals surface area contributed by atoms with Crippen molar-refractivity contribution in [2.75, 3.05) is 12.4 Å². The van der Waals surface area contributed by atoms with E-state index in [1.807, 2.05) is 37.3 Å². The third kappa shape index (κ3) is 5.19. The Bertz CT molecular complexity index is 1000. The first-order chi connectivity index (χ1) is 14.0. The predicted molar refractivity (Wildman–Crippen MR) is 108 cm³/mol. The van der Waals surface area contributed by atoms with Gasteiger partial charge in [0.15, 0.2) is 5.82 Å². The van der Waals surface area contributed by atoms with Crippen LogP contribution in [0.25, 0.3) is 0 Å². The second-order valence-corrected chi connectivity index (χ2v) is 6.65. The monoisotopic (exact) mass is 393 g/mol. The number of ether oxygens (including phenoxy) is 1. The molecule has 1 atom stereocenters. The van der Waals surface area contributed by atoms with Crippen LogP contribution < -0.4 is 15.4 Å². The van der Waals surface area contributed by atoms with Crippen LogP contribution in [-0.4, -0.2) is 33.7 Å². The Kier molecular flexibility index (Phi) is 6.23. The number of amides is 2. The molecule has 3 aromatic rings. The van der Waals surface area contributed by atoms with Crippen LogP contribution in [-0.2, 0) is 16.1 Å². The summed E-state index contributed by atoms with van der Waals surface area (Å²) in [6, 6.07) is 10.7. The lowest BCUT2D eigenvalue weighted by Gasteiger charge is -2.17. The zero-order chi connectivity index (χ0) is 20.8. The van der Waals surface area contributed by atoms with Crippen LogP contribution >= 0.6 is 0 Å². The summed E-state index contributed by atoms with van der Waals surface area (Å²) >= 11 is 0. The lowest BCUT2D eigenvalue weighted by atomic mass is 10.0. The highest BCUT2D eigenvalue weighted by Gasteiger charge is 2.20. The minimum atomic E-state index is -0.780. The number of aryl methyl sites for hydroxylation is 1. The number of methoxy groups -OCH3 is 1. The average Bonchev–Trinajstić information content (AvgIpc) is 3.15. The molecule has 0 bridgehead atoms. The summed E-state index contributed by atoms with van der Waals surface area (Å²) in [6.45, 7) is 4.28. The summed E-state index contributed by atoms with van der Waals surface area (Å²) in [5.41, 5.74) is 2.86. The largest absolute Gasteiger partial charge is 0.496 e. The van der Waals surface area contributed by atoms with Crippen molar-refractivity contribution in [2.45, 2.75) is 26.4 Å². The minimum absolute atomic E-state index is 0.306. The second kappa shape index (κ2) is 9.01. The molecule has 2 aromatic heterocycles. The quantitative estimate of drug-likeness (QED) is 0.627. The van der Waals surface area contributed by atoms with Crippen molar-refractivity contribution in [3.8, 4) is 5.75 Å². The second-order valence-electron chi connectivity index (χ2n) is 6.65. The molecule has 0 aliphatic rings. The van der Waals surface area contributed by atoms with E-state index in [1.165, 1.54) is 0 Å². The fourth-order valence-electron chi connectivity index (χ4n) is 2.90. The van der Waals surface area contributed by atoms with Crippen LogP contribution in [0.15, 0.2) is 55.0 Å². The van der Waals surface area contributed by atoms with Crippen LogP contribution in [0.3, 0.4) is 0 Å². The summed E-state index contributed by atoms with van der Waals surface area (Å²) < 4.78 is 7.01. The van der Waals surface area contributed by atoms with Crippen LogP contribution in [0.5, 0.6) is 5.75 Å². The van der Waals surface area contributed by atoms with Gasteiger partial charge in [-0.25, -0.2) is 0 Å². The van der Waals surface area contributed by atoms with E-state index < -0.39 is 17.9 Å². The van der Waals surface area contributed by atoms with Crippen molar-refractivity contribution in [2.24, 2.45) is 0 Å². The summed E-state index contributed by atoms with van der Waals surface area (Å²) in [7, 11) is 1.57. The van der Waals surface area contributed by atoms with Crippen molar-refractivity contribution in [1.29, 1.82) is 0 Å². The van der Waals surface area contributed by atoms with Crippen LogP contribution in [0.1, 0.15) is 29.7 Å². The van der Waals surface area contributed by atoms with E-state index in [9.17, 15) is 9.59 Å². The molecular weight excluding hydrogens is 370 g/mol. The molecule has 2 N–H and O–H groups in total. The van der Waals surface area contributed by atoms with Crippen molar-refractivity contribution >= 4 is 17.6 Å². The molecule has 8 nitrogen and oxygen atoms in total. The Balaban J connectivity index is 1.60. The fraction of sp³-hybridized carbons (Fsp3) is 0.238. The molecule has 0 radical (unpaired) electrons. The van der Waals surface area contributed by atoms with E-state index in [0.717, 1.165) is 16.7 Å². The highest BCUT2D eigenvalue weighted by Crippen LogP contribution is 2.26. The van der Waals surface area contributed by atoms with Crippen molar-refractivity contribution in [3.05, 3.63) is 71.7 Å². The molecule has 29 heavy (non-hydrogen) atoms. The lowest BCUT2D eigenvalue weighted by Crippen LogP contribution is -2.37. The maximum Gasteiger partial charge on any atom is 0.314 e. The van der Waals surface area contributed by atoms with Gasteiger partial charge in [0.05, 0.1) is 19.7 Å². The Labute approximate surface area is 168 Å². The van der Waals surface area contributed by atoms with E-state index in [1.54, 1.807) is 43.4 Å². The summed E-state index contributed by atoms with van der Waals surface area (Å²) in [5.74, 6) is -0.568.